The second-order valence-electron chi connectivity index (χ2n) is 3.25. The van der Waals surface area contributed by atoms with Crippen molar-refractivity contribution in [2.24, 2.45) is 5.10 Å². The Hall–Kier alpha value is -1.72. The van der Waals surface area contributed by atoms with Crippen molar-refractivity contribution in [2.75, 3.05) is 5.32 Å². The van der Waals surface area contributed by atoms with E-state index in [9.17, 15) is 0 Å². The first-order valence-electron chi connectivity index (χ1n) is 5.02. The van der Waals surface area contributed by atoms with Crippen molar-refractivity contribution in [1.29, 1.82) is 0 Å². The minimum Gasteiger partial charge on any atom is -0.331 e. The molecule has 2 rings (SSSR count). The summed E-state index contributed by atoms with van der Waals surface area (Å²) in [5.41, 5.74) is 4.76. The standard InChI is InChI=1S/C12H11N3S2/c16-12(14-11-4-2-1-3-5-11)15-13-8-10-6-7-17-9-10/h1-9H,(H2,14,15,16)/b13-8+. The molecule has 0 bridgehead atoms. The van der Waals surface area contributed by atoms with Gasteiger partial charge in [-0.05, 0) is 41.2 Å². The number of thiophene rings is 1. The fourth-order valence-corrected chi connectivity index (χ4v) is 1.98. The summed E-state index contributed by atoms with van der Waals surface area (Å²) in [4.78, 5) is 0. The lowest BCUT2D eigenvalue weighted by molar-refractivity contribution is 1.05. The number of hydrazone groups is 1. The minimum atomic E-state index is 0.475. The molecule has 5 heteroatoms. The van der Waals surface area contributed by atoms with E-state index in [1.807, 2.05) is 47.2 Å². The average Bonchev–Trinajstić information content (AvgIpc) is 2.83. The molecule has 0 saturated heterocycles. The highest BCUT2D eigenvalue weighted by atomic mass is 32.1. The molecule has 0 fully saturated rings. The van der Waals surface area contributed by atoms with Crippen molar-refractivity contribution in [2.45, 2.75) is 0 Å². The molecule has 2 N–H and O–H groups in total. The Morgan fingerprint density at radius 2 is 2.06 bits per heavy atom. The van der Waals surface area contributed by atoms with Gasteiger partial charge in [-0.1, -0.05) is 18.2 Å². The number of hydrogen-bond donors (Lipinski definition) is 2. The van der Waals surface area contributed by atoms with Crippen LogP contribution in [0.2, 0.25) is 0 Å². The molecule has 0 spiro atoms. The zero-order chi connectivity index (χ0) is 11.9. The van der Waals surface area contributed by atoms with E-state index >= 15 is 0 Å². The molecule has 0 aliphatic carbocycles. The predicted octanol–water partition coefficient (Wildman–Crippen LogP) is 3.07. The van der Waals surface area contributed by atoms with Gasteiger partial charge in [0.05, 0.1) is 6.21 Å². The molecule has 3 nitrogen and oxygen atoms in total. The first kappa shape index (κ1) is 11.8. The Kier molecular flexibility index (Phi) is 4.23. The minimum absolute atomic E-state index is 0.475. The van der Waals surface area contributed by atoms with Crippen LogP contribution in [-0.4, -0.2) is 11.3 Å². The van der Waals surface area contributed by atoms with Crippen LogP contribution >= 0.6 is 23.6 Å². The molecule has 0 aliphatic heterocycles. The van der Waals surface area contributed by atoms with Crippen molar-refractivity contribution in [3.8, 4) is 0 Å². The third kappa shape index (κ3) is 3.97. The lowest BCUT2D eigenvalue weighted by Gasteiger charge is -2.05. The summed E-state index contributed by atoms with van der Waals surface area (Å²) in [6, 6.07) is 11.7. The number of anilines is 1. The van der Waals surface area contributed by atoms with E-state index in [0.717, 1.165) is 11.3 Å². The average molecular weight is 261 g/mol. The maximum atomic E-state index is 5.10. The van der Waals surface area contributed by atoms with Gasteiger partial charge in [0.25, 0.3) is 0 Å². The maximum absolute atomic E-state index is 5.10. The van der Waals surface area contributed by atoms with Gasteiger partial charge in [0, 0.05) is 11.3 Å². The Morgan fingerprint density at radius 3 is 2.76 bits per heavy atom. The predicted molar refractivity (Wildman–Crippen MR) is 77.7 cm³/mol. The van der Waals surface area contributed by atoms with E-state index in [-0.39, 0.29) is 0 Å². The summed E-state index contributed by atoms with van der Waals surface area (Å²) in [5.74, 6) is 0. The number of para-hydroxylation sites is 1. The van der Waals surface area contributed by atoms with Crippen molar-refractivity contribution >= 4 is 40.6 Å². The number of hydrogen-bond acceptors (Lipinski definition) is 3. The van der Waals surface area contributed by atoms with E-state index in [0.29, 0.717) is 5.11 Å². The largest absolute Gasteiger partial charge is 0.331 e. The van der Waals surface area contributed by atoms with Gasteiger partial charge >= 0.3 is 0 Å². The van der Waals surface area contributed by atoms with E-state index < -0.39 is 0 Å². The molecule has 1 aromatic carbocycles. The van der Waals surface area contributed by atoms with Gasteiger partial charge in [-0.25, -0.2) is 0 Å². The smallest absolute Gasteiger partial charge is 0.191 e. The number of nitrogens with zero attached hydrogens (tertiary/aromatic N) is 1. The van der Waals surface area contributed by atoms with Gasteiger partial charge in [0.2, 0.25) is 0 Å². The van der Waals surface area contributed by atoms with Crippen LogP contribution in [0.5, 0.6) is 0 Å². The Bertz CT molecular complexity index is 492. The third-order valence-electron chi connectivity index (χ3n) is 1.95. The summed E-state index contributed by atoms with van der Waals surface area (Å²) >= 11 is 6.73. The van der Waals surface area contributed by atoms with Crippen LogP contribution in [0.1, 0.15) is 5.56 Å². The van der Waals surface area contributed by atoms with Crippen LogP contribution in [0.3, 0.4) is 0 Å². The Balaban J connectivity index is 1.82. The number of thiocarbonyl (C=S) groups is 1. The highest BCUT2D eigenvalue weighted by Gasteiger charge is 1.93. The normalized spacial score (nSPS) is 10.4. The van der Waals surface area contributed by atoms with Crippen LogP contribution in [0.15, 0.2) is 52.3 Å². The molecule has 0 saturated carbocycles. The lowest BCUT2D eigenvalue weighted by atomic mass is 10.3. The van der Waals surface area contributed by atoms with Crippen molar-refractivity contribution in [3.63, 3.8) is 0 Å². The highest BCUT2D eigenvalue weighted by molar-refractivity contribution is 7.80. The molecule has 0 radical (unpaired) electrons. The summed E-state index contributed by atoms with van der Waals surface area (Å²) in [7, 11) is 0. The van der Waals surface area contributed by atoms with Crippen LogP contribution in [0, 0.1) is 0 Å². The third-order valence-corrected chi connectivity index (χ3v) is 2.85. The SMILES string of the molecule is S=C(N/N=C/c1ccsc1)Nc1ccccc1. The van der Waals surface area contributed by atoms with Gasteiger partial charge < -0.3 is 5.32 Å². The van der Waals surface area contributed by atoms with Gasteiger partial charge in [-0.3, -0.25) is 5.43 Å². The maximum Gasteiger partial charge on any atom is 0.191 e. The summed E-state index contributed by atoms with van der Waals surface area (Å²) in [5, 5.41) is 11.6. The van der Waals surface area contributed by atoms with Crippen LogP contribution in [0.25, 0.3) is 0 Å². The summed E-state index contributed by atoms with van der Waals surface area (Å²) in [6.07, 6.45) is 1.73. The number of benzene rings is 1. The summed E-state index contributed by atoms with van der Waals surface area (Å²) < 4.78 is 0. The van der Waals surface area contributed by atoms with Crippen LogP contribution in [-0.2, 0) is 0 Å². The Labute approximate surface area is 109 Å². The fraction of sp³-hybridized carbons (Fsp3) is 0. The van der Waals surface area contributed by atoms with Crippen LogP contribution in [0.4, 0.5) is 5.69 Å². The highest BCUT2D eigenvalue weighted by Crippen LogP contribution is 2.04. The second kappa shape index (κ2) is 6.12. The quantitative estimate of drug-likeness (QED) is 0.506. The monoisotopic (exact) mass is 261 g/mol. The Morgan fingerprint density at radius 1 is 1.24 bits per heavy atom. The molecule has 17 heavy (non-hydrogen) atoms. The van der Waals surface area contributed by atoms with Crippen molar-refractivity contribution < 1.29 is 0 Å². The molecule has 0 amide bonds. The fourth-order valence-electron chi connectivity index (χ4n) is 1.19. The molecule has 0 atom stereocenters. The van der Waals surface area contributed by atoms with Crippen LogP contribution < -0.4 is 10.7 Å². The summed E-state index contributed by atoms with van der Waals surface area (Å²) in [6.45, 7) is 0. The first-order chi connectivity index (χ1) is 8.34. The lowest BCUT2D eigenvalue weighted by Crippen LogP contribution is -2.23. The van der Waals surface area contributed by atoms with Crippen molar-refractivity contribution in [1.82, 2.24) is 5.43 Å². The van der Waals surface area contributed by atoms with Gasteiger partial charge in [-0.15, -0.1) is 0 Å². The zero-order valence-electron chi connectivity index (χ0n) is 8.96. The first-order valence-corrected chi connectivity index (χ1v) is 6.37. The van der Waals surface area contributed by atoms with Crippen molar-refractivity contribution in [3.05, 3.63) is 52.7 Å². The molecule has 86 valence electrons. The van der Waals surface area contributed by atoms with Gasteiger partial charge in [0.1, 0.15) is 0 Å². The molecular weight excluding hydrogens is 250 g/mol. The van der Waals surface area contributed by atoms with E-state index in [4.69, 9.17) is 12.2 Å². The van der Waals surface area contributed by atoms with Gasteiger partial charge in [0.15, 0.2) is 5.11 Å². The second-order valence-corrected chi connectivity index (χ2v) is 4.44. The number of nitrogens with one attached hydrogen (secondary N) is 2. The van der Waals surface area contributed by atoms with E-state index in [2.05, 4.69) is 15.8 Å². The number of rotatable bonds is 3. The van der Waals surface area contributed by atoms with E-state index in [1.165, 1.54) is 0 Å². The molecule has 0 unspecified atom stereocenters. The van der Waals surface area contributed by atoms with E-state index in [1.54, 1.807) is 17.6 Å². The molecule has 2 aromatic rings. The molecular formula is C12H11N3S2. The molecule has 0 aliphatic rings. The topological polar surface area (TPSA) is 36.4 Å². The molecule has 1 heterocycles. The molecule has 1 aromatic heterocycles. The zero-order valence-corrected chi connectivity index (χ0v) is 10.6. The van der Waals surface area contributed by atoms with Gasteiger partial charge in [-0.2, -0.15) is 16.4 Å².